The second kappa shape index (κ2) is 8.63. The number of rotatable bonds is 7. The molecular formula is C17H23NO5S. The minimum absolute atomic E-state index is 0.0812. The van der Waals surface area contributed by atoms with Gasteiger partial charge in [0.2, 0.25) is 5.91 Å². The lowest BCUT2D eigenvalue weighted by molar-refractivity contribution is -0.305. The Labute approximate surface area is 143 Å². The monoisotopic (exact) mass is 353 g/mol. The predicted octanol–water partition coefficient (Wildman–Crippen LogP) is 1.57. The smallest absolute Gasteiger partial charge is 0.338 e. The van der Waals surface area contributed by atoms with E-state index in [4.69, 9.17) is 4.74 Å². The molecular weight excluding hydrogens is 330 g/mol. The molecule has 24 heavy (non-hydrogen) atoms. The SMILES string of the molecule is CCOC(=O)c1ccc(N(CC/C([O-])=C/[S+](C)(C)=O)C(C)=O)cc1. The van der Waals surface area contributed by atoms with Crippen LogP contribution in [0, 0.1) is 0 Å². The highest BCUT2D eigenvalue weighted by molar-refractivity contribution is 8.04. The molecule has 0 aromatic heterocycles. The van der Waals surface area contributed by atoms with E-state index in [2.05, 4.69) is 0 Å². The number of ether oxygens (including phenoxy) is 1. The molecule has 1 aromatic rings. The van der Waals surface area contributed by atoms with Crippen molar-refractivity contribution in [3.05, 3.63) is 41.0 Å². The average Bonchev–Trinajstić information content (AvgIpc) is 2.46. The normalized spacial score (nSPS) is 11.9. The van der Waals surface area contributed by atoms with Crippen molar-refractivity contribution in [1.29, 1.82) is 0 Å². The highest BCUT2D eigenvalue weighted by Gasteiger charge is 2.14. The number of hydrogen-bond donors (Lipinski definition) is 0. The lowest BCUT2D eigenvalue weighted by Crippen LogP contribution is -2.31. The summed E-state index contributed by atoms with van der Waals surface area (Å²) in [7, 11) is -2.26. The molecule has 1 amide bonds. The zero-order valence-electron chi connectivity index (χ0n) is 14.4. The first-order valence-corrected chi connectivity index (χ1v) is 9.95. The first kappa shape index (κ1) is 19.9. The maximum absolute atomic E-state index is 11.8. The fraction of sp³-hybridized carbons (Fsp3) is 0.412. The number of esters is 1. The number of nitrogens with zero attached hydrogens (tertiary/aromatic N) is 1. The second-order valence-corrected chi connectivity index (χ2v) is 8.44. The van der Waals surface area contributed by atoms with Gasteiger partial charge in [0, 0.05) is 19.2 Å². The Morgan fingerprint density at radius 3 is 2.29 bits per heavy atom. The number of amides is 1. The predicted molar refractivity (Wildman–Crippen MR) is 93.0 cm³/mol. The van der Waals surface area contributed by atoms with Gasteiger partial charge in [-0.25, -0.2) is 4.79 Å². The van der Waals surface area contributed by atoms with Crippen molar-refractivity contribution in [2.24, 2.45) is 0 Å². The number of anilines is 1. The van der Waals surface area contributed by atoms with Crippen LogP contribution in [0.25, 0.3) is 0 Å². The van der Waals surface area contributed by atoms with Gasteiger partial charge in [0.05, 0.1) is 12.2 Å². The summed E-state index contributed by atoms with van der Waals surface area (Å²) in [4.78, 5) is 24.9. The Morgan fingerprint density at radius 1 is 1.25 bits per heavy atom. The van der Waals surface area contributed by atoms with E-state index in [0.29, 0.717) is 11.3 Å². The molecule has 0 aliphatic heterocycles. The van der Waals surface area contributed by atoms with Crippen LogP contribution >= 0.6 is 0 Å². The maximum atomic E-state index is 11.8. The van der Waals surface area contributed by atoms with Gasteiger partial charge in [0.25, 0.3) is 0 Å². The molecule has 132 valence electrons. The summed E-state index contributed by atoms with van der Waals surface area (Å²) in [6.07, 6.45) is 3.06. The van der Waals surface area contributed by atoms with Crippen molar-refractivity contribution in [2.75, 3.05) is 30.6 Å². The van der Waals surface area contributed by atoms with Crippen LogP contribution in [0.3, 0.4) is 0 Å². The van der Waals surface area contributed by atoms with Crippen molar-refractivity contribution in [2.45, 2.75) is 20.3 Å². The second-order valence-electron chi connectivity index (χ2n) is 5.58. The minimum atomic E-state index is -2.26. The minimum Gasteiger partial charge on any atom is -0.872 e. The highest BCUT2D eigenvalue weighted by atomic mass is 32.2. The Hall–Kier alpha value is -2.15. The van der Waals surface area contributed by atoms with E-state index in [1.165, 1.54) is 29.7 Å². The highest BCUT2D eigenvalue weighted by Crippen LogP contribution is 2.17. The van der Waals surface area contributed by atoms with Crippen LogP contribution in [0.15, 0.2) is 35.4 Å². The molecule has 1 rings (SSSR count). The zero-order valence-corrected chi connectivity index (χ0v) is 15.2. The van der Waals surface area contributed by atoms with Gasteiger partial charge in [-0.3, -0.25) is 4.79 Å². The number of carbonyl (C=O) groups is 2. The van der Waals surface area contributed by atoms with Crippen molar-refractivity contribution >= 4 is 27.5 Å². The van der Waals surface area contributed by atoms with Gasteiger partial charge in [-0.1, -0.05) is 5.76 Å². The lowest BCUT2D eigenvalue weighted by atomic mass is 10.2. The van der Waals surface area contributed by atoms with Crippen LogP contribution in [0.2, 0.25) is 0 Å². The number of hydrogen-bond acceptors (Lipinski definition) is 5. The van der Waals surface area contributed by atoms with E-state index in [0.717, 1.165) is 0 Å². The van der Waals surface area contributed by atoms with E-state index >= 15 is 0 Å². The summed E-state index contributed by atoms with van der Waals surface area (Å²) in [5.41, 5.74) is 0.974. The van der Waals surface area contributed by atoms with Gasteiger partial charge in [0.1, 0.15) is 27.9 Å². The summed E-state index contributed by atoms with van der Waals surface area (Å²) >= 11 is 0. The van der Waals surface area contributed by atoms with Gasteiger partial charge in [-0.2, -0.15) is 0 Å². The van der Waals surface area contributed by atoms with Gasteiger partial charge >= 0.3 is 5.97 Å². The van der Waals surface area contributed by atoms with Crippen LogP contribution in [0.1, 0.15) is 30.6 Å². The van der Waals surface area contributed by atoms with Gasteiger partial charge < -0.3 is 14.7 Å². The zero-order chi connectivity index (χ0) is 18.3. The van der Waals surface area contributed by atoms with E-state index in [9.17, 15) is 18.9 Å². The molecule has 0 spiro atoms. The van der Waals surface area contributed by atoms with Crippen molar-refractivity contribution in [1.82, 2.24) is 0 Å². The van der Waals surface area contributed by atoms with E-state index in [1.54, 1.807) is 31.2 Å². The average molecular weight is 353 g/mol. The summed E-state index contributed by atoms with van der Waals surface area (Å²) < 4.78 is 16.5. The maximum Gasteiger partial charge on any atom is 0.338 e. The first-order valence-electron chi connectivity index (χ1n) is 7.51. The van der Waals surface area contributed by atoms with Crippen LogP contribution < -0.4 is 10.0 Å². The summed E-state index contributed by atoms with van der Waals surface area (Å²) in [5, 5.41) is 13.0. The third-order valence-corrected chi connectivity index (χ3v) is 3.90. The Morgan fingerprint density at radius 2 is 1.83 bits per heavy atom. The summed E-state index contributed by atoms with van der Waals surface area (Å²) in [5.74, 6) is -0.913. The van der Waals surface area contributed by atoms with Crippen molar-refractivity contribution in [3.8, 4) is 0 Å². The quantitative estimate of drug-likeness (QED) is 0.422. The van der Waals surface area contributed by atoms with E-state index < -0.39 is 15.9 Å². The Bertz CT molecular complexity index is 660. The first-order chi connectivity index (χ1) is 11.1. The largest absolute Gasteiger partial charge is 0.872 e. The number of carbonyl (C=O) groups excluding carboxylic acids is 2. The summed E-state index contributed by atoms with van der Waals surface area (Å²) in [6.45, 7) is 3.59. The van der Waals surface area contributed by atoms with Gasteiger partial charge in [-0.15, -0.1) is 4.21 Å². The van der Waals surface area contributed by atoms with E-state index in [1.807, 2.05) is 0 Å². The Balaban J connectivity index is 2.86. The van der Waals surface area contributed by atoms with Crippen LogP contribution in [0.4, 0.5) is 5.69 Å². The molecule has 6 nitrogen and oxygen atoms in total. The third-order valence-electron chi connectivity index (χ3n) is 3.07. The molecule has 0 saturated carbocycles. The Kier molecular flexibility index (Phi) is 7.16. The third kappa shape index (κ3) is 6.54. The lowest BCUT2D eigenvalue weighted by Gasteiger charge is -2.23. The molecule has 0 N–H and O–H groups in total. The van der Waals surface area contributed by atoms with E-state index in [-0.39, 0.29) is 31.2 Å². The fourth-order valence-corrected chi connectivity index (χ4v) is 2.81. The molecule has 0 aliphatic carbocycles. The van der Waals surface area contributed by atoms with Crippen LogP contribution in [0.5, 0.6) is 0 Å². The molecule has 0 aliphatic rings. The van der Waals surface area contributed by atoms with Crippen LogP contribution in [-0.4, -0.2) is 37.5 Å². The van der Waals surface area contributed by atoms with Gasteiger partial charge in [-0.05, 0) is 37.6 Å². The number of benzene rings is 1. The molecule has 0 fully saturated rings. The molecule has 7 heteroatoms. The molecule has 0 atom stereocenters. The van der Waals surface area contributed by atoms with Crippen LogP contribution in [-0.2, 0) is 23.7 Å². The molecule has 0 saturated heterocycles. The topological polar surface area (TPSA) is 86.7 Å². The molecule has 0 bridgehead atoms. The van der Waals surface area contributed by atoms with Crippen molar-refractivity contribution in [3.63, 3.8) is 0 Å². The van der Waals surface area contributed by atoms with Crippen molar-refractivity contribution < 1.29 is 23.6 Å². The standard InChI is InChI=1S/C17H23NO5S/c1-5-23-17(21)14-6-8-15(9-7-14)18(13(2)19)11-10-16(20)12-24(3,4)22/h6-9,12H,5,10-11H2,1-4H3. The molecule has 0 radical (unpaired) electrons. The fourth-order valence-electron chi connectivity index (χ4n) is 2.06. The summed E-state index contributed by atoms with van der Waals surface area (Å²) in [6, 6.07) is 6.40. The molecule has 0 unspecified atom stereocenters. The van der Waals surface area contributed by atoms with Gasteiger partial charge in [0.15, 0.2) is 0 Å². The molecule has 0 heterocycles. The molecule has 1 aromatic carbocycles.